The molecule has 1 amide bonds. The second-order valence-electron chi connectivity index (χ2n) is 5.09. The minimum atomic E-state index is -0.130. The molecule has 1 N–H and O–H groups in total. The lowest BCUT2D eigenvalue weighted by Gasteiger charge is -2.14. The molecule has 1 heterocycles. The first kappa shape index (κ1) is 15.5. The van der Waals surface area contributed by atoms with E-state index in [-0.39, 0.29) is 17.9 Å². The van der Waals surface area contributed by atoms with E-state index < -0.39 is 0 Å². The molecule has 0 aliphatic rings. The van der Waals surface area contributed by atoms with E-state index >= 15 is 0 Å². The Balaban J connectivity index is 2.17. The highest BCUT2D eigenvalue weighted by molar-refractivity contribution is 9.10. The van der Waals surface area contributed by atoms with Crippen LogP contribution in [0, 0.1) is 20.8 Å². The van der Waals surface area contributed by atoms with Crippen LogP contribution in [0.2, 0.25) is 0 Å². The fourth-order valence-corrected chi connectivity index (χ4v) is 2.78. The predicted molar refractivity (Wildman–Crippen MR) is 87.7 cm³/mol. The van der Waals surface area contributed by atoms with Crippen LogP contribution in [0.4, 0.5) is 5.69 Å². The number of aryl methyl sites for hydroxylation is 3. The van der Waals surface area contributed by atoms with Crippen molar-refractivity contribution in [1.82, 2.24) is 4.57 Å². The Morgan fingerprint density at radius 3 is 2.33 bits per heavy atom. The van der Waals surface area contributed by atoms with Gasteiger partial charge < -0.3 is 9.88 Å². The molecule has 2 rings (SSSR count). The van der Waals surface area contributed by atoms with Crippen molar-refractivity contribution in [1.29, 1.82) is 0 Å². The number of aromatic nitrogens is 1. The van der Waals surface area contributed by atoms with Crippen LogP contribution in [-0.4, -0.2) is 10.5 Å². The molecule has 0 spiro atoms. The Labute approximate surface area is 131 Å². The molecule has 0 bridgehead atoms. The Morgan fingerprint density at radius 1 is 1.14 bits per heavy atom. The summed E-state index contributed by atoms with van der Waals surface area (Å²) in [6, 6.07) is 8.81. The summed E-state index contributed by atoms with van der Waals surface area (Å²) < 4.78 is 2.67. The van der Waals surface area contributed by atoms with E-state index in [1.54, 1.807) is 0 Å². The number of carbonyl (C=O) groups excluding carboxylic acids is 1. The second kappa shape index (κ2) is 6.26. The summed E-state index contributed by atoms with van der Waals surface area (Å²) in [5.41, 5.74) is 3.37. The van der Waals surface area contributed by atoms with E-state index in [2.05, 4.69) is 21.2 Å². The molecule has 5 heteroatoms. The number of amides is 1. The molecule has 0 fully saturated rings. The van der Waals surface area contributed by atoms with Crippen molar-refractivity contribution in [2.75, 3.05) is 5.32 Å². The molecule has 4 nitrogen and oxygen atoms in total. The lowest BCUT2D eigenvalue weighted by Crippen LogP contribution is -2.23. The van der Waals surface area contributed by atoms with Gasteiger partial charge in [0.2, 0.25) is 5.91 Å². The van der Waals surface area contributed by atoms with E-state index in [9.17, 15) is 9.59 Å². The van der Waals surface area contributed by atoms with Gasteiger partial charge in [0.1, 0.15) is 6.54 Å². The number of rotatable bonds is 3. The smallest absolute Gasteiger partial charge is 0.244 e. The van der Waals surface area contributed by atoms with Crippen LogP contribution >= 0.6 is 15.9 Å². The Kier molecular flexibility index (Phi) is 4.63. The van der Waals surface area contributed by atoms with Crippen LogP contribution in [0.1, 0.15) is 17.0 Å². The van der Waals surface area contributed by atoms with Crippen molar-refractivity contribution >= 4 is 27.5 Å². The third-order valence-corrected chi connectivity index (χ3v) is 3.91. The molecule has 0 saturated heterocycles. The monoisotopic (exact) mass is 348 g/mol. The van der Waals surface area contributed by atoms with Gasteiger partial charge in [0.05, 0.1) is 5.69 Å². The van der Waals surface area contributed by atoms with Crippen LogP contribution < -0.4 is 10.7 Å². The van der Waals surface area contributed by atoms with Gasteiger partial charge in [-0.2, -0.15) is 0 Å². The molecule has 0 radical (unpaired) electrons. The minimum Gasteiger partial charge on any atom is -0.340 e. The fraction of sp³-hybridized carbons (Fsp3) is 0.250. The summed E-state index contributed by atoms with van der Waals surface area (Å²) in [5, 5.41) is 2.87. The molecular weight excluding hydrogens is 332 g/mol. The zero-order valence-corrected chi connectivity index (χ0v) is 13.8. The van der Waals surface area contributed by atoms with Gasteiger partial charge in [0.25, 0.3) is 0 Å². The normalized spacial score (nSPS) is 10.5. The average molecular weight is 349 g/mol. The van der Waals surface area contributed by atoms with Crippen molar-refractivity contribution in [3.8, 4) is 0 Å². The van der Waals surface area contributed by atoms with Gasteiger partial charge in [-0.3, -0.25) is 9.59 Å². The first-order chi connectivity index (χ1) is 9.86. The van der Waals surface area contributed by atoms with Gasteiger partial charge in [-0.1, -0.05) is 6.07 Å². The average Bonchev–Trinajstić information content (AvgIpc) is 2.37. The molecule has 0 saturated carbocycles. The molecule has 0 atom stereocenters. The molecule has 1 aromatic carbocycles. The molecular formula is C16H17BrN2O2. The first-order valence-electron chi connectivity index (χ1n) is 6.61. The number of halogens is 1. The Bertz CT molecular complexity index is 724. The zero-order valence-electron chi connectivity index (χ0n) is 12.2. The number of anilines is 1. The quantitative estimate of drug-likeness (QED) is 0.925. The fourth-order valence-electron chi connectivity index (χ4n) is 2.19. The van der Waals surface area contributed by atoms with Crippen LogP contribution in [-0.2, 0) is 11.3 Å². The SMILES string of the molecule is Cc1ccc(NC(=O)Cn2c(C)cc(=O)cc2C)c(Br)c1. The number of hydrogen-bond acceptors (Lipinski definition) is 2. The maximum absolute atomic E-state index is 12.2. The van der Waals surface area contributed by atoms with Gasteiger partial charge in [-0.15, -0.1) is 0 Å². The lowest BCUT2D eigenvalue weighted by atomic mass is 10.2. The zero-order chi connectivity index (χ0) is 15.6. The summed E-state index contributed by atoms with van der Waals surface area (Å²) in [5.74, 6) is -0.130. The summed E-state index contributed by atoms with van der Waals surface area (Å²) in [6.45, 7) is 5.81. The molecule has 1 aromatic heterocycles. The maximum atomic E-state index is 12.2. The molecule has 21 heavy (non-hydrogen) atoms. The number of hydrogen-bond donors (Lipinski definition) is 1. The van der Waals surface area contributed by atoms with E-state index in [4.69, 9.17) is 0 Å². The lowest BCUT2D eigenvalue weighted by molar-refractivity contribution is -0.116. The third kappa shape index (κ3) is 3.82. The van der Waals surface area contributed by atoms with E-state index in [1.165, 1.54) is 12.1 Å². The van der Waals surface area contributed by atoms with E-state index in [0.717, 1.165) is 27.1 Å². The van der Waals surface area contributed by atoms with Gasteiger partial charge in [0, 0.05) is 28.0 Å². The highest BCUT2D eigenvalue weighted by Gasteiger charge is 2.09. The number of nitrogens with zero attached hydrogens (tertiary/aromatic N) is 1. The molecule has 0 aliphatic carbocycles. The number of pyridine rings is 1. The van der Waals surface area contributed by atoms with Crippen LogP contribution in [0.15, 0.2) is 39.6 Å². The largest absolute Gasteiger partial charge is 0.340 e. The van der Waals surface area contributed by atoms with Crippen LogP contribution in [0.25, 0.3) is 0 Å². The molecule has 0 unspecified atom stereocenters. The first-order valence-corrected chi connectivity index (χ1v) is 7.40. The minimum absolute atomic E-state index is 0.0389. The topological polar surface area (TPSA) is 51.1 Å². The van der Waals surface area contributed by atoms with Crippen molar-refractivity contribution in [3.05, 3.63) is 62.0 Å². The second-order valence-corrected chi connectivity index (χ2v) is 5.95. The van der Waals surface area contributed by atoms with Gasteiger partial charge in [-0.25, -0.2) is 0 Å². The molecule has 2 aromatic rings. The number of carbonyl (C=O) groups is 1. The standard InChI is InChI=1S/C16H17BrN2O2/c1-10-4-5-15(14(17)6-10)18-16(21)9-19-11(2)7-13(20)8-12(19)3/h4-8H,9H2,1-3H3,(H,18,21). The Morgan fingerprint density at radius 2 is 1.76 bits per heavy atom. The van der Waals surface area contributed by atoms with Gasteiger partial charge in [0.15, 0.2) is 5.43 Å². The highest BCUT2D eigenvalue weighted by atomic mass is 79.9. The van der Waals surface area contributed by atoms with Crippen molar-refractivity contribution in [3.63, 3.8) is 0 Å². The van der Waals surface area contributed by atoms with Crippen molar-refractivity contribution in [2.45, 2.75) is 27.3 Å². The van der Waals surface area contributed by atoms with Crippen LogP contribution in [0.3, 0.4) is 0 Å². The maximum Gasteiger partial charge on any atom is 0.244 e. The molecule has 0 aliphatic heterocycles. The van der Waals surface area contributed by atoms with Crippen LogP contribution in [0.5, 0.6) is 0 Å². The summed E-state index contributed by atoms with van der Waals surface area (Å²) in [7, 11) is 0. The number of benzene rings is 1. The Hall–Kier alpha value is -1.88. The van der Waals surface area contributed by atoms with Gasteiger partial charge in [-0.05, 0) is 54.4 Å². The summed E-state index contributed by atoms with van der Waals surface area (Å²) in [6.07, 6.45) is 0. The summed E-state index contributed by atoms with van der Waals surface area (Å²) >= 11 is 3.44. The van der Waals surface area contributed by atoms with Crippen molar-refractivity contribution < 1.29 is 4.79 Å². The van der Waals surface area contributed by atoms with E-state index in [1.807, 2.05) is 43.5 Å². The molecule has 110 valence electrons. The third-order valence-electron chi connectivity index (χ3n) is 3.25. The van der Waals surface area contributed by atoms with E-state index in [0.29, 0.717) is 0 Å². The van der Waals surface area contributed by atoms with Gasteiger partial charge >= 0.3 is 0 Å². The summed E-state index contributed by atoms with van der Waals surface area (Å²) in [4.78, 5) is 23.6. The number of nitrogens with one attached hydrogen (secondary N) is 1. The highest BCUT2D eigenvalue weighted by Crippen LogP contribution is 2.23. The predicted octanol–water partition coefficient (Wildman–Crippen LogP) is 3.17. The van der Waals surface area contributed by atoms with Crippen molar-refractivity contribution in [2.24, 2.45) is 0 Å².